The second-order valence-corrected chi connectivity index (χ2v) is 7.85. The number of carbonyl (C=O) groups excluding carboxylic acids is 2. The van der Waals surface area contributed by atoms with Crippen LogP contribution in [-0.2, 0) is 19.2 Å². The molecule has 32 heavy (non-hydrogen) atoms. The van der Waals surface area contributed by atoms with Gasteiger partial charge in [0.25, 0.3) is 5.91 Å². The topological polar surface area (TPSA) is 117 Å². The normalized spacial score (nSPS) is 14.2. The lowest BCUT2D eigenvalue weighted by Crippen LogP contribution is -2.52. The summed E-state index contributed by atoms with van der Waals surface area (Å²) in [5.41, 5.74) is 6.48. The maximum Gasteiger partial charge on any atom is 0.407 e. The van der Waals surface area contributed by atoms with Gasteiger partial charge in [0.2, 0.25) is 0 Å². The molecule has 0 bridgehead atoms. The van der Waals surface area contributed by atoms with E-state index in [1.807, 2.05) is 48.5 Å². The number of carboxylic acids is 1. The molecule has 1 aliphatic carbocycles. The fourth-order valence-corrected chi connectivity index (χ4v) is 3.61. The zero-order chi connectivity index (χ0) is 23.3. The summed E-state index contributed by atoms with van der Waals surface area (Å²) in [6.07, 6.45) is -1.98. The zero-order valence-electron chi connectivity index (χ0n) is 18.2. The average molecular weight is 441 g/mol. The Kier molecular flexibility index (Phi) is 7.45. The number of nitrogens with zero attached hydrogens (tertiary/aromatic N) is 1. The second-order valence-electron chi connectivity index (χ2n) is 7.85. The Morgan fingerprint density at radius 1 is 1.03 bits per heavy atom. The number of hydroxylamine groups is 1. The number of benzene rings is 2. The van der Waals surface area contributed by atoms with E-state index in [4.69, 9.17) is 14.7 Å². The molecule has 0 heterocycles. The number of ether oxygens (including phenoxy) is 1. The van der Waals surface area contributed by atoms with Gasteiger partial charge in [0, 0.05) is 12.5 Å². The fraction of sp³-hybridized carbons (Fsp3) is 0.348. The van der Waals surface area contributed by atoms with Gasteiger partial charge in [0.05, 0.1) is 0 Å². The Morgan fingerprint density at radius 3 is 2.12 bits per heavy atom. The highest BCUT2D eigenvalue weighted by Crippen LogP contribution is 2.44. The Balaban J connectivity index is 1.63. The number of amides is 2. The number of carbonyl (C=O) groups is 3. The standard InChI is InChI=1S/C23H27N3O6/c1-14(22(28)29)32-25-21(27)20(12-26(2)3)24-23(30)31-13-19-17-10-6-4-8-15(17)16-9-5-7-11-18(16)19/h4-11,14,19-20H,12-13H2,1-3H3,(H,24,30)(H,25,27)(H,28,29). The molecular formula is C23H27N3O6. The predicted octanol–water partition coefficient (Wildman–Crippen LogP) is 1.98. The first-order valence-corrected chi connectivity index (χ1v) is 10.2. The van der Waals surface area contributed by atoms with Crippen LogP contribution in [-0.4, -0.2) is 67.4 Å². The number of hydrogen-bond donors (Lipinski definition) is 3. The summed E-state index contributed by atoms with van der Waals surface area (Å²) in [4.78, 5) is 42.3. The molecule has 0 fully saturated rings. The van der Waals surface area contributed by atoms with E-state index < -0.39 is 30.1 Å². The van der Waals surface area contributed by atoms with Crippen LogP contribution in [0.5, 0.6) is 0 Å². The molecule has 2 aromatic rings. The van der Waals surface area contributed by atoms with Gasteiger partial charge < -0.3 is 20.1 Å². The summed E-state index contributed by atoms with van der Waals surface area (Å²) in [5, 5.41) is 11.4. The maximum absolute atomic E-state index is 12.5. The minimum absolute atomic E-state index is 0.103. The highest BCUT2D eigenvalue weighted by Gasteiger charge is 2.30. The van der Waals surface area contributed by atoms with Crippen molar-refractivity contribution in [3.63, 3.8) is 0 Å². The molecule has 9 heteroatoms. The van der Waals surface area contributed by atoms with Gasteiger partial charge in [-0.3, -0.25) is 9.63 Å². The van der Waals surface area contributed by atoms with Gasteiger partial charge in [-0.25, -0.2) is 15.1 Å². The van der Waals surface area contributed by atoms with Crippen molar-refractivity contribution in [1.82, 2.24) is 15.7 Å². The Bertz CT molecular complexity index is 948. The SMILES string of the molecule is CC(ONC(=O)C(CN(C)C)NC(=O)OCC1c2ccccc2-c2ccccc21)C(=O)O. The smallest absolute Gasteiger partial charge is 0.407 e. The molecule has 2 unspecified atom stereocenters. The van der Waals surface area contributed by atoms with Gasteiger partial charge >= 0.3 is 12.1 Å². The summed E-state index contributed by atoms with van der Waals surface area (Å²) >= 11 is 0. The van der Waals surface area contributed by atoms with E-state index in [0.717, 1.165) is 22.3 Å². The third kappa shape index (κ3) is 5.43. The molecule has 2 aromatic carbocycles. The number of carboxylic acid groups (broad SMARTS) is 1. The maximum atomic E-state index is 12.5. The largest absolute Gasteiger partial charge is 0.479 e. The first-order valence-electron chi connectivity index (χ1n) is 10.2. The van der Waals surface area contributed by atoms with Crippen molar-refractivity contribution in [2.45, 2.75) is 25.0 Å². The van der Waals surface area contributed by atoms with E-state index in [9.17, 15) is 14.4 Å². The van der Waals surface area contributed by atoms with Crippen LogP contribution >= 0.6 is 0 Å². The minimum atomic E-state index is -1.23. The molecular weight excluding hydrogens is 414 g/mol. The van der Waals surface area contributed by atoms with Crippen molar-refractivity contribution < 1.29 is 29.1 Å². The number of hydrogen-bond acceptors (Lipinski definition) is 6. The average Bonchev–Trinajstić information content (AvgIpc) is 3.08. The molecule has 0 radical (unpaired) electrons. The van der Waals surface area contributed by atoms with E-state index in [-0.39, 0.29) is 19.1 Å². The molecule has 9 nitrogen and oxygen atoms in total. The number of likely N-dealkylation sites (N-methyl/N-ethyl adjacent to an activating group) is 1. The number of fused-ring (bicyclic) bond motifs is 3. The van der Waals surface area contributed by atoms with Crippen LogP contribution in [0.3, 0.4) is 0 Å². The highest BCUT2D eigenvalue weighted by molar-refractivity contribution is 5.85. The molecule has 1 aliphatic rings. The monoisotopic (exact) mass is 441 g/mol. The van der Waals surface area contributed by atoms with Crippen molar-refractivity contribution >= 4 is 18.0 Å². The first kappa shape index (κ1) is 23.2. The lowest BCUT2D eigenvalue weighted by Gasteiger charge is -2.22. The number of nitrogens with one attached hydrogen (secondary N) is 2. The van der Waals surface area contributed by atoms with Crippen LogP contribution < -0.4 is 10.8 Å². The van der Waals surface area contributed by atoms with Gasteiger partial charge in [0.1, 0.15) is 12.6 Å². The van der Waals surface area contributed by atoms with Crippen LogP contribution in [0.4, 0.5) is 4.79 Å². The number of alkyl carbamates (subject to hydrolysis) is 1. The minimum Gasteiger partial charge on any atom is -0.479 e. The van der Waals surface area contributed by atoms with Gasteiger partial charge in [0.15, 0.2) is 6.10 Å². The molecule has 2 atom stereocenters. The quantitative estimate of drug-likeness (QED) is 0.510. The molecule has 170 valence electrons. The summed E-state index contributed by atoms with van der Waals surface area (Å²) in [6.45, 7) is 1.56. The second kappa shape index (κ2) is 10.3. The Morgan fingerprint density at radius 2 is 1.59 bits per heavy atom. The summed E-state index contributed by atoms with van der Waals surface area (Å²) in [5.74, 6) is -2.01. The predicted molar refractivity (Wildman–Crippen MR) is 117 cm³/mol. The van der Waals surface area contributed by atoms with Crippen LogP contribution in [0.15, 0.2) is 48.5 Å². The van der Waals surface area contributed by atoms with E-state index in [1.165, 1.54) is 6.92 Å². The van der Waals surface area contributed by atoms with Gasteiger partial charge in [-0.15, -0.1) is 0 Å². The molecule has 3 N–H and O–H groups in total. The number of rotatable bonds is 9. The number of aliphatic carboxylic acids is 1. The third-order valence-electron chi connectivity index (χ3n) is 5.18. The summed E-state index contributed by atoms with van der Waals surface area (Å²) in [6, 6.07) is 15.0. The first-order chi connectivity index (χ1) is 15.3. The zero-order valence-corrected chi connectivity index (χ0v) is 18.2. The molecule has 0 saturated heterocycles. The lowest BCUT2D eigenvalue weighted by molar-refractivity contribution is -0.159. The van der Waals surface area contributed by atoms with Crippen LogP contribution in [0.1, 0.15) is 24.0 Å². The Labute approximate surface area is 186 Å². The van der Waals surface area contributed by atoms with Crippen molar-refractivity contribution in [3.8, 4) is 11.1 Å². The van der Waals surface area contributed by atoms with Crippen molar-refractivity contribution in [2.75, 3.05) is 27.2 Å². The third-order valence-corrected chi connectivity index (χ3v) is 5.18. The summed E-state index contributed by atoms with van der Waals surface area (Å²) in [7, 11) is 3.47. The molecule has 0 spiro atoms. The van der Waals surface area contributed by atoms with Gasteiger partial charge in [-0.1, -0.05) is 48.5 Å². The molecule has 0 saturated carbocycles. The van der Waals surface area contributed by atoms with Gasteiger partial charge in [-0.2, -0.15) is 0 Å². The molecule has 0 aliphatic heterocycles. The Hall–Kier alpha value is -3.43. The van der Waals surface area contributed by atoms with E-state index >= 15 is 0 Å². The van der Waals surface area contributed by atoms with E-state index in [1.54, 1.807) is 19.0 Å². The van der Waals surface area contributed by atoms with Crippen molar-refractivity contribution in [1.29, 1.82) is 0 Å². The van der Waals surface area contributed by atoms with E-state index in [2.05, 4.69) is 10.8 Å². The van der Waals surface area contributed by atoms with Crippen molar-refractivity contribution in [2.24, 2.45) is 0 Å². The van der Waals surface area contributed by atoms with Gasteiger partial charge in [-0.05, 0) is 43.3 Å². The van der Waals surface area contributed by atoms with E-state index in [0.29, 0.717) is 0 Å². The molecule has 3 rings (SSSR count). The molecule has 2 amide bonds. The highest BCUT2D eigenvalue weighted by atomic mass is 16.7. The van der Waals surface area contributed by atoms with Crippen molar-refractivity contribution in [3.05, 3.63) is 59.7 Å². The fourth-order valence-electron chi connectivity index (χ4n) is 3.61. The van der Waals surface area contributed by atoms with Crippen LogP contribution in [0.2, 0.25) is 0 Å². The van der Waals surface area contributed by atoms with Crippen LogP contribution in [0, 0.1) is 0 Å². The lowest BCUT2D eigenvalue weighted by atomic mass is 9.98. The molecule has 0 aromatic heterocycles. The summed E-state index contributed by atoms with van der Waals surface area (Å²) < 4.78 is 5.48. The van der Waals surface area contributed by atoms with Crippen LogP contribution in [0.25, 0.3) is 11.1 Å².